The first-order valence-electron chi connectivity index (χ1n) is 6.25. The van der Waals surface area contributed by atoms with Crippen LogP contribution in [0.4, 0.5) is 11.6 Å². The highest BCUT2D eigenvalue weighted by Gasteiger charge is 2.15. The second-order valence-corrected chi connectivity index (χ2v) is 4.85. The molecule has 1 unspecified atom stereocenters. The van der Waals surface area contributed by atoms with E-state index in [9.17, 15) is 0 Å². The van der Waals surface area contributed by atoms with Crippen molar-refractivity contribution < 1.29 is 0 Å². The SMILES string of the molecule is CNc1cccc(N(C)C(C)c2ccccc2Cl)n1. The summed E-state index contributed by atoms with van der Waals surface area (Å²) in [7, 11) is 3.89. The summed E-state index contributed by atoms with van der Waals surface area (Å²) in [6.07, 6.45) is 0. The van der Waals surface area contributed by atoms with Gasteiger partial charge in [0.15, 0.2) is 0 Å². The molecule has 0 saturated heterocycles. The number of hydrogen-bond donors (Lipinski definition) is 1. The zero-order valence-electron chi connectivity index (χ0n) is 11.4. The van der Waals surface area contributed by atoms with E-state index in [0.717, 1.165) is 22.2 Å². The molecule has 0 fully saturated rings. The lowest BCUT2D eigenvalue weighted by molar-refractivity contribution is 0.729. The molecule has 0 aliphatic carbocycles. The second-order valence-electron chi connectivity index (χ2n) is 4.44. The Morgan fingerprint density at radius 2 is 1.89 bits per heavy atom. The number of hydrogen-bond acceptors (Lipinski definition) is 3. The van der Waals surface area contributed by atoms with Crippen LogP contribution in [-0.4, -0.2) is 19.1 Å². The van der Waals surface area contributed by atoms with Crippen LogP contribution in [0.25, 0.3) is 0 Å². The monoisotopic (exact) mass is 275 g/mol. The van der Waals surface area contributed by atoms with E-state index < -0.39 is 0 Å². The average Bonchev–Trinajstić information content (AvgIpc) is 2.46. The van der Waals surface area contributed by atoms with E-state index >= 15 is 0 Å². The number of halogens is 1. The molecule has 1 aromatic heterocycles. The number of anilines is 2. The standard InChI is InChI=1S/C15H18ClN3/c1-11(12-7-4-5-8-13(12)16)19(3)15-10-6-9-14(17-2)18-15/h4-11H,1-3H3,(H,17,18). The first-order valence-corrected chi connectivity index (χ1v) is 6.63. The Labute approximate surface area is 119 Å². The van der Waals surface area contributed by atoms with Crippen molar-refractivity contribution in [3.05, 3.63) is 53.1 Å². The van der Waals surface area contributed by atoms with E-state index in [1.165, 1.54) is 0 Å². The van der Waals surface area contributed by atoms with Crippen molar-refractivity contribution >= 4 is 23.2 Å². The minimum absolute atomic E-state index is 0.160. The summed E-state index contributed by atoms with van der Waals surface area (Å²) >= 11 is 6.25. The Kier molecular flexibility index (Phi) is 4.27. The van der Waals surface area contributed by atoms with Crippen molar-refractivity contribution in [1.82, 2.24) is 4.98 Å². The first-order chi connectivity index (χ1) is 9.13. The first kappa shape index (κ1) is 13.7. The molecule has 0 bridgehead atoms. The van der Waals surface area contributed by atoms with Gasteiger partial charge in [-0.25, -0.2) is 4.98 Å². The van der Waals surface area contributed by atoms with Gasteiger partial charge in [-0.3, -0.25) is 0 Å². The van der Waals surface area contributed by atoms with E-state index in [4.69, 9.17) is 11.6 Å². The molecular formula is C15H18ClN3. The van der Waals surface area contributed by atoms with Crippen LogP contribution in [0.2, 0.25) is 5.02 Å². The van der Waals surface area contributed by atoms with E-state index in [1.54, 1.807) is 0 Å². The summed E-state index contributed by atoms with van der Waals surface area (Å²) in [4.78, 5) is 6.65. The third-order valence-electron chi connectivity index (χ3n) is 3.29. The Morgan fingerprint density at radius 3 is 2.58 bits per heavy atom. The minimum Gasteiger partial charge on any atom is -0.373 e. The zero-order valence-corrected chi connectivity index (χ0v) is 12.1. The normalized spacial score (nSPS) is 12.0. The number of pyridine rings is 1. The average molecular weight is 276 g/mol. The van der Waals surface area contributed by atoms with Crippen molar-refractivity contribution in [2.45, 2.75) is 13.0 Å². The molecule has 0 radical (unpaired) electrons. The van der Waals surface area contributed by atoms with Crippen LogP contribution in [0.3, 0.4) is 0 Å². The lowest BCUT2D eigenvalue weighted by Gasteiger charge is -2.27. The van der Waals surface area contributed by atoms with Crippen molar-refractivity contribution in [2.75, 3.05) is 24.3 Å². The Balaban J connectivity index is 2.28. The van der Waals surface area contributed by atoms with Gasteiger partial charge in [0.05, 0.1) is 6.04 Å². The van der Waals surface area contributed by atoms with Crippen molar-refractivity contribution in [2.24, 2.45) is 0 Å². The van der Waals surface area contributed by atoms with Gasteiger partial charge in [0.2, 0.25) is 0 Å². The molecule has 1 N–H and O–H groups in total. The van der Waals surface area contributed by atoms with Gasteiger partial charge in [-0.05, 0) is 30.7 Å². The highest BCUT2D eigenvalue weighted by molar-refractivity contribution is 6.31. The topological polar surface area (TPSA) is 28.2 Å². The van der Waals surface area contributed by atoms with E-state index in [1.807, 2.05) is 56.6 Å². The van der Waals surface area contributed by atoms with Gasteiger partial charge in [-0.15, -0.1) is 0 Å². The predicted molar refractivity (Wildman–Crippen MR) is 82.1 cm³/mol. The summed E-state index contributed by atoms with van der Waals surface area (Å²) in [6.45, 7) is 2.12. The maximum atomic E-state index is 6.25. The fraction of sp³-hybridized carbons (Fsp3) is 0.267. The van der Waals surface area contributed by atoms with Gasteiger partial charge < -0.3 is 10.2 Å². The fourth-order valence-corrected chi connectivity index (χ4v) is 2.27. The lowest BCUT2D eigenvalue weighted by Crippen LogP contribution is -2.23. The molecule has 0 amide bonds. The minimum atomic E-state index is 0.160. The third kappa shape index (κ3) is 2.99. The smallest absolute Gasteiger partial charge is 0.131 e. The Bertz CT molecular complexity index is 557. The lowest BCUT2D eigenvalue weighted by atomic mass is 10.1. The molecule has 2 rings (SSSR count). The number of nitrogens with one attached hydrogen (secondary N) is 1. The summed E-state index contributed by atoms with van der Waals surface area (Å²) in [5, 5.41) is 3.83. The van der Waals surface area contributed by atoms with Gasteiger partial charge in [0.25, 0.3) is 0 Å². The molecule has 1 atom stereocenters. The molecule has 1 aromatic carbocycles. The maximum absolute atomic E-state index is 6.25. The zero-order chi connectivity index (χ0) is 13.8. The summed E-state index contributed by atoms with van der Waals surface area (Å²) in [5.74, 6) is 1.77. The van der Waals surface area contributed by atoms with Crippen LogP contribution < -0.4 is 10.2 Å². The van der Waals surface area contributed by atoms with Crippen LogP contribution in [0.1, 0.15) is 18.5 Å². The highest BCUT2D eigenvalue weighted by Crippen LogP contribution is 2.29. The number of nitrogens with zero attached hydrogens (tertiary/aromatic N) is 2. The van der Waals surface area contributed by atoms with Crippen LogP contribution in [-0.2, 0) is 0 Å². The molecule has 4 heteroatoms. The number of rotatable bonds is 4. The van der Waals surface area contributed by atoms with E-state index in [-0.39, 0.29) is 6.04 Å². The van der Waals surface area contributed by atoms with E-state index in [2.05, 4.69) is 22.1 Å². The number of aromatic nitrogens is 1. The third-order valence-corrected chi connectivity index (χ3v) is 3.63. The van der Waals surface area contributed by atoms with Crippen LogP contribution in [0, 0.1) is 0 Å². The van der Waals surface area contributed by atoms with Gasteiger partial charge >= 0.3 is 0 Å². The van der Waals surface area contributed by atoms with Crippen LogP contribution in [0.15, 0.2) is 42.5 Å². The van der Waals surface area contributed by atoms with Crippen molar-refractivity contribution in [3.63, 3.8) is 0 Å². The molecule has 100 valence electrons. The molecule has 19 heavy (non-hydrogen) atoms. The molecule has 1 heterocycles. The van der Waals surface area contributed by atoms with Crippen molar-refractivity contribution in [1.29, 1.82) is 0 Å². The molecule has 0 saturated carbocycles. The van der Waals surface area contributed by atoms with Gasteiger partial charge in [-0.1, -0.05) is 35.9 Å². The molecule has 3 nitrogen and oxygen atoms in total. The van der Waals surface area contributed by atoms with Gasteiger partial charge in [-0.2, -0.15) is 0 Å². The van der Waals surface area contributed by atoms with E-state index in [0.29, 0.717) is 0 Å². The molecule has 2 aromatic rings. The summed E-state index contributed by atoms with van der Waals surface area (Å²) < 4.78 is 0. The fourth-order valence-electron chi connectivity index (χ4n) is 1.98. The quantitative estimate of drug-likeness (QED) is 0.915. The predicted octanol–water partition coefficient (Wildman–Crippen LogP) is 3.97. The molecule has 0 aliphatic rings. The number of benzene rings is 1. The molecular weight excluding hydrogens is 258 g/mol. The molecule has 0 spiro atoms. The second kappa shape index (κ2) is 5.93. The van der Waals surface area contributed by atoms with Gasteiger partial charge in [0, 0.05) is 19.1 Å². The Hall–Kier alpha value is -1.74. The Morgan fingerprint density at radius 1 is 1.16 bits per heavy atom. The van der Waals surface area contributed by atoms with Crippen LogP contribution in [0.5, 0.6) is 0 Å². The molecule has 0 aliphatic heterocycles. The largest absolute Gasteiger partial charge is 0.373 e. The highest BCUT2D eigenvalue weighted by atomic mass is 35.5. The van der Waals surface area contributed by atoms with Gasteiger partial charge in [0.1, 0.15) is 11.6 Å². The summed E-state index contributed by atoms with van der Waals surface area (Å²) in [6, 6.07) is 14.0. The van der Waals surface area contributed by atoms with Crippen molar-refractivity contribution in [3.8, 4) is 0 Å². The van der Waals surface area contributed by atoms with Crippen LogP contribution >= 0.6 is 11.6 Å². The summed E-state index contributed by atoms with van der Waals surface area (Å²) in [5.41, 5.74) is 1.10. The maximum Gasteiger partial charge on any atom is 0.131 e.